The molecule has 2 aliphatic heterocycles. The summed E-state index contributed by atoms with van der Waals surface area (Å²) in [5, 5.41) is 25.6. The maximum Gasteiger partial charge on any atom is 0.325 e. The minimum Gasteiger partial charge on any atom is -0.497 e. The van der Waals surface area contributed by atoms with Gasteiger partial charge in [-0.2, -0.15) is 0 Å². The van der Waals surface area contributed by atoms with Gasteiger partial charge in [0.2, 0.25) is 11.8 Å². The Balaban J connectivity index is 1.67. The van der Waals surface area contributed by atoms with Gasteiger partial charge in [-0.1, -0.05) is 42.5 Å². The fraction of sp³-hybridized carbons (Fsp3) is 0.250. The van der Waals surface area contributed by atoms with Crippen LogP contribution in [0.4, 0.5) is 11.4 Å². The maximum atomic E-state index is 14.0. The average molecular weight is 532 g/mol. The van der Waals surface area contributed by atoms with Crippen LogP contribution in [0, 0.1) is 22.0 Å². The number of benzene rings is 3. The van der Waals surface area contributed by atoms with Crippen LogP contribution in [-0.2, 0) is 20.8 Å². The Kier molecular flexibility index (Phi) is 6.52. The number of carbonyl (C=O) groups excluding carboxylic acids is 2. The number of rotatable bonds is 8. The number of aliphatic carboxylic acids is 1. The molecule has 0 aliphatic carbocycles. The Hall–Kier alpha value is -4.77. The molecule has 0 saturated carbocycles. The first-order valence-electron chi connectivity index (χ1n) is 12.1. The monoisotopic (exact) mass is 531 g/mol. The Morgan fingerprint density at radius 2 is 1.64 bits per heavy atom. The highest BCUT2D eigenvalue weighted by atomic mass is 16.6. The lowest BCUT2D eigenvalue weighted by Gasteiger charge is -2.31. The van der Waals surface area contributed by atoms with Crippen LogP contribution in [0.5, 0.6) is 11.5 Å². The number of carboxylic acids is 1. The minimum atomic E-state index is -1.86. The third kappa shape index (κ3) is 4.16. The van der Waals surface area contributed by atoms with Gasteiger partial charge in [0.05, 0.1) is 37.0 Å². The highest BCUT2D eigenvalue weighted by molar-refractivity contribution is 6.25. The molecule has 11 heteroatoms. The average Bonchev–Trinajstić information content (AvgIpc) is 3.42. The number of nitro benzene ring substituents is 1. The van der Waals surface area contributed by atoms with Gasteiger partial charge in [-0.25, -0.2) is 4.90 Å². The van der Waals surface area contributed by atoms with E-state index in [9.17, 15) is 29.6 Å². The Bertz CT molecular complexity index is 1460. The molecule has 2 aliphatic rings. The van der Waals surface area contributed by atoms with Crippen molar-refractivity contribution >= 4 is 29.2 Å². The first kappa shape index (κ1) is 25.9. The van der Waals surface area contributed by atoms with Gasteiger partial charge in [0, 0.05) is 12.5 Å². The molecule has 39 heavy (non-hydrogen) atoms. The van der Waals surface area contributed by atoms with E-state index in [1.807, 2.05) is 0 Å². The first-order chi connectivity index (χ1) is 18.7. The normalized spacial score (nSPS) is 23.9. The van der Waals surface area contributed by atoms with Crippen molar-refractivity contribution in [3.05, 3.63) is 94.0 Å². The molecule has 2 saturated heterocycles. The second-order valence-corrected chi connectivity index (χ2v) is 9.46. The quantitative estimate of drug-likeness (QED) is 0.254. The van der Waals surface area contributed by atoms with Gasteiger partial charge in [-0.05, 0) is 35.4 Å². The number of fused-ring (bicyclic) bond motifs is 1. The van der Waals surface area contributed by atoms with Crippen molar-refractivity contribution in [1.82, 2.24) is 5.32 Å². The minimum absolute atomic E-state index is 0.0887. The maximum absolute atomic E-state index is 14.0. The van der Waals surface area contributed by atoms with Gasteiger partial charge >= 0.3 is 5.97 Å². The Labute approximate surface area is 223 Å². The lowest BCUT2D eigenvalue weighted by atomic mass is 9.76. The predicted molar refractivity (Wildman–Crippen MR) is 139 cm³/mol. The van der Waals surface area contributed by atoms with Gasteiger partial charge in [-0.3, -0.25) is 29.8 Å². The van der Waals surface area contributed by atoms with Crippen LogP contribution in [0.2, 0.25) is 0 Å². The SMILES string of the molecule is COc1ccc(C2NC(Cc3ccccc3)(C(=O)O)C3C(=O)N(c4ccc(OC)cc4[N+](=O)[O-])C(=O)C23)cc1. The lowest BCUT2D eigenvalue weighted by molar-refractivity contribution is -0.384. The zero-order valence-corrected chi connectivity index (χ0v) is 21.1. The van der Waals surface area contributed by atoms with Crippen molar-refractivity contribution in [2.45, 2.75) is 18.0 Å². The molecule has 3 aromatic rings. The number of nitrogens with one attached hydrogen (secondary N) is 1. The molecule has 200 valence electrons. The number of amides is 2. The van der Waals surface area contributed by atoms with Crippen LogP contribution in [0.15, 0.2) is 72.8 Å². The third-order valence-corrected chi connectivity index (χ3v) is 7.46. The second kappa shape index (κ2) is 9.84. The van der Waals surface area contributed by atoms with Crippen LogP contribution in [0.3, 0.4) is 0 Å². The predicted octanol–water partition coefficient (Wildman–Crippen LogP) is 3.13. The van der Waals surface area contributed by atoms with Crippen LogP contribution in [0.25, 0.3) is 0 Å². The molecule has 5 rings (SSSR count). The molecule has 2 heterocycles. The molecule has 4 atom stereocenters. The fourth-order valence-electron chi connectivity index (χ4n) is 5.66. The summed E-state index contributed by atoms with van der Waals surface area (Å²) in [5.74, 6) is -4.57. The smallest absolute Gasteiger partial charge is 0.325 e. The molecule has 4 unspecified atom stereocenters. The van der Waals surface area contributed by atoms with E-state index in [-0.39, 0.29) is 17.9 Å². The highest BCUT2D eigenvalue weighted by Gasteiger charge is 2.69. The molecule has 11 nitrogen and oxygen atoms in total. The van der Waals surface area contributed by atoms with E-state index < -0.39 is 51.8 Å². The number of hydrogen-bond donors (Lipinski definition) is 2. The lowest BCUT2D eigenvalue weighted by Crippen LogP contribution is -2.57. The van der Waals surface area contributed by atoms with Gasteiger partial charge in [-0.15, -0.1) is 0 Å². The molecular weight excluding hydrogens is 506 g/mol. The van der Waals surface area contributed by atoms with Crippen molar-refractivity contribution in [3.8, 4) is 11.5 Å². The number of nitro groups is 1. The van der Waals surface area contributed by atoms with Crippen LogP contribution in [0.1, 0.15) is 17.2 Å². The van der Waals surface area contributed by atoms with Crippen LogP contribution < -0.4 is 19.7 Å². The number of methoxy groups -OCH3 is 2. The largest absolute Gasteiger partial charge is 0.497 e. The summed E-state index contributed by atoms with van der Waals surface area (Å²) in [7, 11) is 2.85. The van der Waals surface area contributed by atoms with Crippen molar-refractivity contribution in [1.29, 1.82) is 0 Å². The number of nitrogens with zero attached hydrogens (tertiary/aromatic N) is 2. The number of imide groups is 1. The molecule has 2 fully saturated rings. The fourth-order valence-corrected chi connectivity index (χ4v) is 5.66. The summed E-state index contributed by atoms with van der Waals surface area (Å²) in [6.45, 7) is 0. The number of hydrogen-bond acceptors (Lipinski definition) is 8. The van der Waals surface area contributed by atoms with E-state index in [4.69, 9.17) is 9.47 Å². The van der Waals surface area contributed by atoms with Crippen LogP contribution >= 0.6 is 0 Å². The van der Waals surface area contributed by atoms with Crippen LogP contribution in [-0.4, -0.2) is 47.6 Å². The van der Waals surface area contributed by atoms with Crippen molar-refractivity contribution in [3.63, 3.8) is 0 Å². The van der Waals surface area contributed by atoms with Gasteiger partial charge in [0.15, 0.2) is 0 Å². The van der Waals surface area contributed by atoms with Gasteiger partial charge in [0.25, 0.3) is 5.69 Å². The zero-order chi connectivity index (χ0) is 27.9. The third-order valence-electron chi connectivity index (χ3n) is 7.46. The number of carbonyl (C=O) groups is 3. The Morgan fingerprint density at radius 3 is 2.23 bits per heavy atom. The van der Waals surface area contributed by atoms with Gasteiger partial charge < -0.3 is 14.6 Å². The summed E-state index contributed by atoms with van der Waals surface area (Å²) < 4.78 is 10.3. The van der Waals surface area contributed by atoms with E-state index in [1.54, 1.807) is 54.6 Å². The molecule has 2 N–H and O–H groups in total. The molecule has 0 aromatic heterocycles. The number of anilines is 1. The van der Waals surface area contributed by atoms with E-state index >= 15 is 0 Å². The standard InChI is InChI=1S/C28H25N3O8/c1-38-18-10-8-17(9-11-18)24-22-23(28(29-24,27(34)35)15-16-6-4-3-5-7-16)26(33)30(25(22)32)20-13-12-19(39-2)14-21(20)31(36)37/h3-14,22-24,29H,15H2,1-2H3,(H,34,35). The van der Waals surface area contributed by atoms with E-state index in [0.29, 0.717) is 16.9 Å². The molecular formula is C28H25N3O8. The Morgan fingerprint density at radius 1 is 1.00 bits per heavy atom. The highest BCUT2D eigenvalue weighted by Crippen LogP contribution is 2.52. The van der Waals surface area contributed by atoms with Gasteiger partial charge in [0.1, 0.15) is 22.7 Å². The number of ether oxygens (including phenoxy) is 2. The molecule has 3 aromatic carbocycles. The summed E-state index contributed by atoms with van der Waals surface area (Å²) in [6.07, 6.45) is -0.0887. The van der Waals surface area contributed by atoms with Crippen molar-refractivity contribution in [2.24, 2.45) is 11.8 Å². The summed E-state index contributed by atoms with van der Waals surface area (Å²) in [6, 6.07) is 18.5. The van der Waals surface area contributed by atoms with Crippen molar-refractivity contribution in [2.75, 3.05) is 19.1 Å². The zero-order valence-electron chi connectivity index (χ0n) is 21.1. The molecule has 0 bridgehead atoms. The molecule has 0 radical (unpaired) electrons. The first-order valence-corrected chi connectivity index (χ1v) is 12.1. The summed E-state index contributed by atoms with van der Waals surface area (Å²) in [5.41, 5.74) is -1.38. The summed E-state index contributed by atoms with van der Waals surface area (Å²) >= 11 is 0. The topological polar surface area (TPSA) is 148 Å². The second-order valence-electron chi connectivity index (χ2n) is 9.46. The van der Waals surface area contributed by atoms with Crippen molar-refractivity contribution < 1.29 is 33.9 Å². The summed E-state index contributed by atoms with van der Waals surface area (Å²) in [4.78, 5) is 53.0. The molecule has 2 amide bonds. The number of carboxylic acid groups (broad SMARTS) is 1. The van der Waals surface area contributed by atoms with E-state index in [1.165, 1.54) is 26.4 Å². The van der Waals surface area contributed by atoms with E-state index in [2.05, 4.69) is 5.32 Å². The van der Waals surface area contributed by atoms with E-state index in [0.717, 1.165) is 11.0 Å². The molecule has 0 spiro atoms.